The number of benzene rings is 1. The molecule has 1 atom stereocenters. The Morgan fingerprint density at radius 3 is 2.64 bits per heavy atom. The molecule has 0 bridgehead atoms. The molecule has 1 amide bonds. The minimum Gasteiger partial charge on any atom is -0.381 e. The summed E-state index contributed by atoms with van der Waals surface area (Å²) in [6, 6.07) is 6.70. The Labute approximate surface area is 129 Å². The zero-order valence-corrected chi connectivity index (χ0v) is 12.9. The first-order valence-electron chi connectivity index (χ1n) is 7.23. The minimum atomic E-state index is -1.36. The maximum atomic E-state index is 14.2. The second-order valence-electron chi connectivity index (χ2n) is 5.73. The maximum absolute atomic E-state index is 14.2. The number of Topliss-reactive ketones (excluding diaryl/α,β-unsaturated/α-hetero) is 1. The predicted molar refractivity (Wildman–Crippen MR) is 81.8 cm³/mol. The lowest BCUT2D eigenvalue weighted by atomic mass is 10.1. The van der Waals surface area contributed by atoms with Crippen molar-refractivity contribution in [1.29, 1.82) is 0 Å². The Hall–Kier alpha value is -1.79. The van der Waals surface area contributed by atoms with E-state index in [4.69, 9.17) is 4.74 Å². The van der Waals surface area contributed by atoms with Crippen LogP contribution in [0.4, 0.5) is 10.1 Å². The number of hydrogen-bond acceptors (Lipinski definition) is 4. The first kappa shape index (κ1) is 16.6. The van der Waals surface area contributed by atoms with Crippen LogP contribution in [0.15, 0.2) is 24.3 Å². The molecule has 0 aromatic heterocycles. The van der Waals surface area contributed by atoms with Crippen molar-refractivity contribution in [1.82, 2.24) is 4.90 Å². The van der Waals surface area contributed by atoms with E-state index in [9.17, 15) is 14.0 Å². The van der Waals surface area contributed by atoms with Gasteiger partial charge in [-0.25, -0.2) is 4.39 Å². The molecule has 1 aliphatic rings. The number of anilines is 1. The van der Waals surface area contributed by atoms with Gasteiger partial charge < -0.3 is 10.1 Å². The standard InChI is InChI=1S/C16H21FN2O3/c1-12(20)13-3-5-14(6-4-13)18-15(21)9-19-8-7-16(17,10-19)11-22-2/h3-6H,7-11H2,1-2H3,(H,18,21). The largest absolute Gasteiger partial charge is 0.381 e. The Kier molecular flexibility index (Phi) is 5.26. The van der Waals surface area contributed by atoms with Gasteiger partial charge in [0.25, 0.3) is 0 Å². The number of carbonyl (C=O) groups excluding carboxylic acids is 2. The zero-order valence-electron chi connectivity index (χ0n) is 12.9. The van der Waals surface area contributed by atoms with E-state index in [0.717, 1.165) is 0 Å². The number of nitrogens with one attached hydrogen (secondary N) is 1. The van der Waals surface area contributed by atoms with Crippen molar-refractivity contribution >= 4 is 17.4 Å². The summed E-state index contributed by atoms with van der Waals surface area (Å²) in [5.74, 6) is -0.218. The van der Waals surface area contributed by atoms with Crippen molar-refractivity contribution in [2.45, 2.75) is 19.0 Å². The zero-order chi connectivity index (χ0) is 16.2. The fraction of sp³-hybridized carbons (Fsp3) is 0.500. The van der Waals surface area contributed by atoms with Crippen LogP contribution in [0, 0.1) is 0 Å². The highest BCUT2D eigenvalue weighted by atomic mass is 19.1. The molecule has 1 unspecified atom stereocenters. The second kappa shape index (κ2) is 6.98. The van der Waals surface area contributed by atoms with E-state index in [2.05, 4.69) is 5.32 Å². The highest BCUT2D eigenvalue weighted by Crippen LogP contribution is 2.25. The Balaban J connectivity index is 1.84. The third-order valence-corrected chi connectivity index (χ3v) is 3.73. The number of carbonyl (C=O) groups is 2. The summed E-state index contributed by atoms with van der Waals surface area (Å²) in [7, 11) is 1.47. The van der Waals surface area contributed by atoms with Crippen LogP contribution >= 0.6 is 0 Å². The van der Waals surface area contributed by atoms with Gasteiger partial charge >= 0.3 is 0 Å². The van der Waals surface area contributed by atoms with Crippen molar-refractivity contribution in [2.75, 3.05) is 38.7 Å². The predicted octanol–water partition coefficient (Wildman–Crippen LogP) is 1.89. The van der Waals surface area contributed by atoms with Crippen LogP contribution in [0.5, 0.6) is 0 Å². The number of rotatable bonds is 6. The number of ketones is 1. The van der Waals surface area contributed by atoms with E-state index in [0.29, 0.717) is 24.2 Å². The van der Waals surface area contributed by atoms with Gasteiger partial charge in [0.1, 0.15) is 5.67 Å². The summed E-state index contributed by atoms with van der Waals surface area (Å²) in [4.78, 5) is 24.9. The molecule has 1 N–H and O–H groups in total. The van der Waals surface area contributed by atoms with Crippen molar-refractivity contribution in [2.24, 2.45) is 0 Å². The number of ether oxygens (including phenoxy) is 1. The number of likely N-dealkylation sites (tertiary alicyclic amines) is 1. The van der Waals surface area contributed by atoms with Gasteiger partial charge in [0.15, 0.2) is 5.78 Å². The van der Waals surface area contributed by atoms with Crippen LogP contribution in [0.25, 0.3) is 0 Å². The molecule has 1 saturated heterocycles. The van der Waals surface area contributed by atoms with Gasteiger partial charge in [-0.1, -0.05) is 0 Å². The number of halogens is 1. The highest BCUT2D eigenvalue weighted by molar-refractivity contribution is 5.96. The van der Waals surface area contributed by atoms with Crippen LogP contribution in [0.2, 0.25) is 0 Å². The topological polar surface area (TPSA) is 58.6 Å². The van der Waals surface area contributed by atoms with Crippen LogP contribution in [-0.4, -0.2) is 55.6 Å². The fourth-order valence-electron chi connectivity index (χ4n) is 2.62. The lowest BCUT2D eigenvalue weighted by Gasteiger charge is -2.19. The summed E-state index contributed by atoms with van der Waals surface area (Å²) in [6.07, 6.45) is 0.376. The van der Waals surface area contributed by atoms with Crippen molar-refractivity contribution < 1.29 is 18.7 Å². The normalized spacial score (nSPS) is 21.8. The van der Waals surface area contributed by atoms with Crippen LogP contribution in [0.3, 0.4) is 0 Å². The second-order valence-corrected chi connectivity index (χ2v) is 5.73. The molecule has 120 valence electrons. The van der Waals surface area contributed by atoms with Crippen LogP contribution in [-0.2, 0) is 9.53 Å². The summed E-state index contributed by atoms with van der Waals surface area (Å²) >= 11 is 0. The first-order chi connectivity index (χ1) is 10.4. The molecule has 0 saturated carbocycles. The smallest absolute Gasteiger partial charge is 0.238 e. The van der Waals surface area contributed by atoms with E-state index < -0.39 is 5.67 Å². The van der Waals surface area contributed by atoms with Gasteiger partial charge in [0, 0.05) is 31.5 Å². The quantitative estimate of drug-likeness (QED) is 0.815. The molecule has 1 aliphatic heterocycles. The maximum Gasteiger partial charge on any atom is 0.238 e. The lowest BCUT2D eigenvalue weighted by Crippen LogP contribution is -2.36. The van der Waals surface area contributed by atoms with Crippen molar-refractivity contribution in [3.63, 3.8) is 0 Å². The number of amides is 1. The summed E-state index contributed by atoms with van der Waals surface area (Å²) in [5.41, 5.74) is -0.144. The van der Waals surface area contributed by atoms with Crippen LogP contribution < -0.4 is 5.32 Å². The average molecular weight is 308 g/mol. The molecule has 5 nitrogen and oxygen atoms in total. The molecule has 2 rings (SSSR count). The van der Waals surface area contributed by atoms with Gasteiger partial charge in [-0.2, -0.15) is 0 Å². The number of methoxy groups -OCH3 is 1. The van der Waals surface area contributed by atoms with E-state index in [1.807, 2.05) is 0 Å². The van der Waals surface area contributed by atoms with Gasteiger partial charge in [-0.3, -0.25) is 14.5 Å². The molecule has 0 spiro atoms. The van der Waals surface area contributed by atoms with Crippen molar-refractivity contribution in [3.05, 3.63) is 29.8 Å². The molecule has 1 aromatic carbocycles. The van der Waals surface area contributed by atoms with E-state index >= 15 is 0 Å². The monoisotopic (exact) mass is 308 g/mol. The summed E-state index contributed by atoms with van der Waals surface area (Å²) in [6.45, 7) is 2.43. The van der Waals surface area contributed by atoms with E-state index in [1.54, 1.807) is 29.2 Å². The average Bonchev–Trinajstić information content (AvgIpc) is 2.80. The SMILES string of the molecule is COCC1(F)CCN(CC(=O)Nc2ccc(C(C)=O)cc2)C1. The van der Waals surface area contributed by atoms with Gasteiger partial charge in [0.2, 0.25) is 5.91 Å². The highest BCUT2D eigenvalue weighted by Gasteiger charge is 2.38. The minimum absolute atomic E-state index is 0.0210. The Morgan fingerprint density at radius 2 is 2.05 bits per heavy atom. The van der Waals surface area contributed by atoms with E-state index in [1.165, 1.54) is 14.0 Å². The molecule has 0 aliphatic carbocycles. The van der Waals surface area contributed by atoms with Gasteiger partial charge in [-0.05, 0) is 37.6 Å². The third-order valence-electron chi connectivity index (χ3n) is 3.73. The molecular formula is C16H21FN2O3. The molecular weight excluding hydrogens is 287 g/mol. The molecule has 1 aromatic rings. The molecule has 0 radical (unpaired) electrons. The Bertz CT molecular complexity index is 547. The van der Waals surface area contributed by atoms with Gasteiger partial charge in [-0.15, -0.1) is 0 Å². The van der Waals surface area contributed by atoms with Crippen LogP contribution in [0.1, 0.15) is 23.7 Å². The number of nitrogens with zero attached hydrogens (tertiary/aromatic N) is 1. The number of alkyl halides is 1. The lowest BCUT2D eigenvalue weighted by molar-refractivity contribution is -0.117. The summed E-state index contributed by atoms with van der Waals surface area (Å²) < 4.78 is 19.1. The number of hydrogen-bond donors (Lipinski definition) is 1. The molecule has 6 heteroatoms. The first-order valence-corrected chi connectivity index (χ1v) is 7.23. The molecule has 22 heavy (non-hydrogen) atoms. The molecule has 1 heterocycles. The fourth-order valence-corrected chi connectivity index (χ4v) is 2.62. The van der Waals surface area contributed by atoms with E-state index in [-0.39, 0.29) is 31.4 Å². The third kappa shape index (κ3) is 4.35. The van der Waals surface area contributed by atoms with Crippen molar-refractivity contribution in [3.8, 4) is 0 Å². The van der Waals surface area contributed by atoms with Gasteiger partial charge in [0.05, 0.1) is 13.2 Å². The Morgan fingerprint density at radius 1 is 1.36 bits per heavy atom. The molecule has 1 fully saturated rings. The summed E-state index contributed by atoms with van der Waals surface area (Å²) in [5, 5.41) is 2.75.